The van der Waals surface area contributed by atoms with Gasteiger partial charge in [-0.3, -0.25) is 4.79 Å². The number of hydrogen-bond acceptors (Lipinski definition) is 7. The van der Waals surface area contributed by atoms with Crippen molar-refractivity contribution in [2.45, 2.75) is 66.0 Å². The Bertz CT molecular complexity index is 1380. The fraction of sp³-hybridized carbons (Fsp3) is 0.462. The molecule has 0 saturated heterocycles. The van der Waals surface area contributed by atoms with Gasteiger partial charge in [-0.15, -0.1) is 0 Å². The summed E-state index contributed by atoms with van der Waals surface area (Å²) in [5.74, 6) is -2.46. The van der Waals surface area contributed by atoms with Crippen LogP contribution in [0.5, 0.6) is 0 Å². The third kappa shape index (κ3) is 8.91. The van der Waals surface area contributed by atoms with E-state index < -0.39 is 18.0 Å². The summed E-state index contributed by atoms with van der Waals surface area (Å²) in [4.78, 5) is 30.5. The van der Waals surface area contributed by atoms with Crippen LogP contribution in [-0.2, 0) is 23.1 Å². The number of alkyl halides is 3. The Morgan fingerprint density at radius 1 is 1.15 bits per heavy atom. The molecule has 3 aromatic rings. The van der Waals surface area contributed by atoms with Crippen LogP contribution in [0.1, 0.15) is 44.5 Å². The molecule has 0 aliphatic rings. The number of nitrogens with zero attached hydrogens (tertiary/aromatic N) is 3. The minimum absolute atomic E-state index is 0.0617. The van der Waals surface area contributed by atoms with Gasteiger partial charge in [-0.1, -0.05) is 6.07 Å². The maximum absolute atomic E-state index is 14.6. The first kappa shape index (κ1) is 31.5. The summed E-state index contributed by atoms with van der Waals surface area (Å²) >= 11 is 0. The van der Waals surface area contributed by atoms with Crippen LogP contribution in [0.4, 0.5) is 29.3 Å². The average Bonchev–Trinajstić information content (AvgIpc) is 2.79. The molecule has 0 aliphatic carbocycles. The van der Waals surface area contributed by atoms with Gasteiger partial charge in [-0.25, -0.2) is 14.2 Å². The highest BCUT2D eigenvalue weighted by atomic mass is 19.4. The van der Waals surface area contributed by atoms with E-state index in [0.717, 1.165) is 11.3 Å². The summed E-state index contributed by atoms with van der Waals surface area (Å²) in [7, 11) is 1.75. The van der Waals surface area contributed by atoms with Gasteiger partial charge >= 0.3 is 12.1 Å². The molecular weight excluding hydrogens is 522 g/mol. The van der Waals surface area contributed by atoms with Gasteiger partial charge in [0.1, 0.15) is 11.6 Å². The zero-order valence-electron chi connectivity index (χ0n) is 22.8. The summed E-state index contributed by atoms with van der Waals surface area (Å²) in [5.41, 5.74) is 2.56. The topological polar surface area (TPSA) is 118 Å². The number of benzene rings is 1. The summed E-state index contributed by atoms with van der Waals surface area (Å²) in [6.45, 7) is 12.4. The molecule has 2 heterocycles. The molecule has 0 saturated carbocycles. The lowest BCUT2D eigenvalue weighted by molar-refractivity contribution is -0.192. The summed E-state index contributed by atoms with van der Waals surface area (Å²) in [6, 6.07) is 6.71. The highest BCUT2D eigenvalue weighted by Crippen LogP contribution is 2.25. The molecule has 1 aromatic carbocycles. The summed E-state index contributed by atoms with van der Waals surface area (Å²) in [5, 5.41) is 13.8. The maximum atomic E-state index is 14.6. The lowest BCUT2D eigenvalue weighted by Gasteiger charge is -2.25. The van der Waals surface area contributed by atoms with Crippen LogP contribution in [0.25, 0.3) is 10.9 Å². The van der Waals surface area contributed by atoms with E-state index in [4.69, 9.17) is 14.6 Å². The van der Waals surface area contributed by atoms with Crippen LogP contribution in [0.15, 0.2) is 29.1 Å². The highest BCUT2D eigenvalue weighted by Gasteiger charge is 2.38. The van der Waals surface area contributed by atoms with E-state index >= 15 is 0 Å². The Kier molecular flexibility index (Phi) is 10.0. The second kappa shape index (κ2) is 12.4. The molecule has 3 rings (SSSR count). The second-order valence-electron chi connectivity index (χ2n) is 9.92. The van der Waals surface area contributed by atoms with Gasteiger partial charge in [0.15, 0.2) is 0 Å². The van der Waals surface area contributed by atoms with Crippen molar-refractivity contribution in [1.29, 1.82) is 0 Å². The van der Waals surface area contributed by atoms with E-state index in [2.05, 4.69) is 20.6 Å². The van der Waals surface area contributed by atoms with Crippen molar-refractivity contribution in [2.75, 3.05) is 17.2 Å². The van der Waals surface area contributed by atoms with Gasteiger partial charge in [-0.2, -0.15) is 18.2 Å². The number of rotatable bonds is 7. The molecule has 1 atom stereocenters. The molecule has 0 spiro atoms. The molecule has 9 nitrogen and oxygen atoms in total. The fourth-order valence-corrected chi connectivity index (χ4v) is 3.64. The molecule has 0 fully saturated rings. The fourth-order valence-electron chi connectivity index (χ4n) is 3.64. The van der Waals surface area contributed by atoms with Crippen LogP contribution < -0.4 is 16.2 Å². The maximum Gasteiger partial charge on any atom is 0.490 e. The molecule has 0 bridgehead atoms. The number of aliphatic carboxylic acids is 1. The van der Waals surface area contributed by atoms with Gasteiger partial charge in [0.05, 0.1) is 22.6 Å². The monoisotopic (exact) mass is 555 g/mol. The normalized spacial score (nSPS) is 12.5. The predicted molar refractivity (Wildman–Crippen MR) is 140 cm³/mol. The van der Waals surface area contributed by atoms with Crippen molar-refractivity contribution in [2.24, 2.45) is 7.05 Å². The summed E-state index contributed by atoms with van der Waals surface area (Å²) in [6.07, 6.45) is -5.19. The molecule has 1 unspecified atom stereocenters. The van der Waals surface area contributed by atoms with E-state index in [-0.39, 0.29) is 23.8 Å². The van der Waals surface area contributed by atoms with Crippen molar-refractivity contribution < 1.29 is 32.2 Å². The lowest BCUT2D eigenvalue weighted by atomic mass is 10.1. The molecule has 2 aromatic heterocycles. The van der Waals surface area contributed by atoms with Crippen molar-refractivity contribution in [1.82, 2.24) is 14.5 Å². The Labute approximate surface area is 223 Å². The number of hydrogen-bond donors (Lipinski definition) is 3. The van der Waals surface area contributed by atoms with Crippen LogP contribution in [0.2, 0.25) is 0 Å². The third-order valence-electron chi connectivity index (χ3n) is 5.44. The molecule has 3 N–H and O–H groups in total. The van der Waals surface area contributed by atoms with E-state index in [9.17, 15) is 22.4 Å². The van der Waals surface area contributed by atoms with Crippen molar-refractivity contribution in [3.8, 4) is 0 Å². The number of pyridine rings is 1. The number of fused-ring (bicyclic) bond motifs is 1. The van der Waals surface area contributed by atoms with Gasteiger partial charge in [0.2, 0.25) is 5.95 Å². The first-order valence-electron chi connectivity index (χ1n) is 12.0. The number of carboxylic acid groups (broad SMARTS) is 1. The number of ether oxygens (including phenoxy) is 1. The number of anilines is 2. The Morgan fingerprint density at radius 3 is 2.33 bits per heavy atom. The van der Waals surface area contributed by atoms with E-state index in [1.165, 1.54) is 6.07 Å². The quantitative estimate of drug-likeness (QED) is 0.351. The van der Waals surface area contributed by atoms with Crippen LogP contribution in [-0.4, -0.2) is 50.0 Å². The minimum atomic E-state index is -5.08. The first-order chi connectivity index (χ1) is 17.9. The summed E-state index contributed by atoms with van der Waals surface area (Å²) < 4.78 is 53.9. The number of nitrogens with one attached hydrogen (secondary N) is 2. The molecule has 39 heavy (non-hydrogen) atoms. The van der Waals surface area contributed by atoms with Gasteiger partial charge in [0, 0.05) is 31.4 Å². The zero-order chi connectivity index (χ0) is 29.7. The number of halogens is 4. The van der Waals surface area contributed by atoms with Crippen molar-refractivity contribution in [3.63, 3.8) is 0 Å². The van der Waals surface area contributed by atoms with Crippen LogP contribution >= 0.6 is 0 Å². The average molecular weight is 556 g/mol. The van der Waals surface area contributed by atoms with Gasteiger partial charge < -0.3 is 25.0 Å². The largest absolute Gasteiger partial charge is 0.490 e. The van der Waals surface area contributed by atoms with Crippen LogP contribution in [0.3, 0.4) is 0 Å². The third-order valence-corrected chi connectivity index (χ3v) is 5.44. The molecule has 0 radical (unpaired) electrons. The Morgan fingerprint density at radius 2 is 1.77 bits per heavy atom. The SMILES string of the molecule is Cc1cc(C)n(C)c(=O)c1CNc1nc(NCC(C)OC(C)(C)C)c2c(F)cccc2n1.O=C(O)C(F)(F)F. The number of carboxylic acids is 1. The van der Waals surface area contributed by atoms with Gasteiger partial charge in [-0.05, 0) is 65.3 Å². The molecule has 13 heteroatoms. The molecular formula is C26H33F4N5O4. The highest BCUT2D eigenvalue weighted by molar-refractivity contribution is 5.90. The van der Waals surface area contributed by atoms with Gasteiger partial charge in [0.25, 0.3) is 5.56 Å². The standard InChI is InChI=1S/C24H32FN5O2.C2HF3O2/c1-14-11-15(2)30(7)22(31)17(14)13-27-23-28-19-10-8-9-18(25)20(19)21(29-23)26-12-16(3)32-24(4,5)6;3-2(4,5)1(6)7/h8-11,16H,12-13H2,1-7H3,(H2,26,27,28,29);(H,6,7). The van der Waals surface area contributed by atoms with E-state index in [0.29, 0.717) is 34.8 Å². The zero-order valence-corrected chi connectivity index (χ0v) is 22.8. The van der Waals surface area contributed by atoms with E-state index in [1.54, 1.807) is 23.7 Å². The van der Waals surface area contributed by atoms with Crippen LogP contribution in [0, 0.1) is 19.7 Å². The Hall–Kier alpha value is -3.74. The first-order valence-corrected chi connectivity index (χ1v) is 12.0. The number of aromatic nitrogens is 3. The van der Waals surface area contributed by atoms with Crippen molar-refractivity contribution >= 4 is 28.6 Å². The molecule has 0 aliphatic heterocycles. The Balaban J connectivity index is 0.000000673. The minimum Gasteiger partial charge on any atom is -0.475 e. The van der Waals surface area contributed by atoms with E-state index in [1.807, 2.05) is 47.6 Å². The molecule has 0 amide bonds. The molecule has 214 valence electrons. The predicted octanol–water partition coefficient (Wildman–Crippen LogP) is 4.95. The second-order valence-corrected chi connectivity index (χ2v) is 9.92. The number of carbonyl (C=O) groups is 1. The smallest absolute Gasteiger partial charge is 0.475 e. The lowest BCUT2D eigenvalue weighted by Crippen LogP contribution is -2.30. The number of aryl methyl sites for hydroxylation is 2. The van der Waals surface area contributed by atoms with Crippen molar-refractivity contribution in [3.05, 3.63) is 57.3 Å².